The van der Waals surface area contributed by atoms with Crippen molar-refractivity contribution in [2.45, 2.75) is 12.2 Å². The molecular formula is C11H9BrO2. The van der Waals surface area contributed by atoms with Gasteiger partial charge in [-0.05, 0) is 29.8 Å². The van der Waals surface area contributed by atoms with Gasteiger partial charge < -0.3 is 4.74 Å². The van der Waals surface area contributed by atoms with Crippen LogP contribution in [0.25, 0.3) is 0 Å². The van der Waals surface area contributed by atoms with E-state index in [-0.39, 0.29) is 12.2 Å². The van der Waals surface area contributed by atoms with Crippen LogP contribution in [0.2, 0.25) is 0 Å². The molecular weight excluding hydrogens is 244 g/mol. The largest absolute Gasteiger partial charge is 0.360 e. The van der Waals surface area contributed by atoms with Gasteiger partial charge in [-0.1, -0.05) is 28.1 Å². The molecule has 3 heteroatoms. The second kappa shape index (κ2) is 4.07. The average molecular weight is 253 g/mol. The molecule has 14 heavy (non-hydrogen) atoms. The number of carbonyl (C=O) groups excluding carboxylic acids is 1. The van der Waals surface area contributed by atoms with Crippen LogP contribution < -0.4 is 0 Å². The zero-order chi connectivity index (χ0) is 9.97. The third-order valence-electron chi connectivity index (χ3n) is 2.10. The standard InChI is InChI=1S/C11H9BrO2/c12-9-5-3-8(4-6-9)11-10(14-11)2-1-7-13/h1-7,10-11H/b2-1+. The van der Waals surface area contributed by atoms with Crippen molar-refractivity contribution < 1.29 is 9.53 Å². The zero-order valence-corrected chi connectivity index (χ0v) is 8.98. The Morgan fingerprint density at radius 3 is 2.64 bits per heavy atom. The highest BCUT2D eigenvalue weighted by Gasteiger charge is 2.37. The van der Waals surface area contributed by atoms with E-state index in [0.717, 1.165) is 16.3 Å². The monoisotopic (exact) mass is 252 g/mol. The van der Waals surface area contributed by atoms with Gasteiger partial charge in [0.2, 0.25) is 0 Å². The highest BCUT2D eigenvalue weighted by atomic mass is 79.9. The fourth-order valence-corrected chi connectivity index (χ4v) is 1.61. The molecule has 1 aliphatic rings. The minimum atomic E-state index is 0.0707. The van der Waals surface area contributed by atoms with Gasteiger partial charge in [-0.15, -0.1) is 0 Å². The van der Waals surface area contributed by atoms with Crippen molar-refractivity contribution in [1.29, 1.82) is 0 Å². The van der Waals surface area contributed by atoms with Gasteiger partial charge in [0.15, 0.2) is 0 Å². The van der Waals surface area contributed by atoms with Crippen molar-refractivity contribution in [1.82, 2.24) is 0 Å². The number of halogens is 1. The van der Waals surface area contributed by atoms with Crippen LogP contribution in [-0.2, 0) is 9.53 Å². The fraction of sp³-hybridized carbons (Fsp3) is 0.182. The predicted octanol–water partition coefficient (Wildman–Crippen LogP) is 2.64. The summed E-state index contributed by atoms with van der Waals surface area (Å²) in [6, 6.07) is 8.00. The summed E-state index contributed by atoms with van der Waals surface area (Å²) in [4.78, 5) is 10.1. The van der Waals surface area contributed by atoms with Crippen molar-refractivity contribution in [3.8, 4) is 0 Å². The quantitative estimate of drug-likeness (QED) is 0.471. The molecule has 0 radical (unpaired) electrons. The Morgan fingerprint density at radius 2 is 2.00 bits per heavy atom. The Bertz CT molecular complexity index is 356. The van der Waals surface area contributed by atoms with Crippen molar-refractivity contribution in [2.75, 3.05) is 0 Å². The van der Waals surface area contributed by atoms with E-state index < -0.39 is 0 Å². The molecule has 1 aromatic rings. The van der Waals surface area contributed by atoms with Gasteiger partial charge in [0, 0.05) is 4.47 Å². The molecule has 2 nitrogen and oxygen atoms in total. The Kier molecular flexibility index (Phi) is 2.79. The normalized spacial score (nSPS) is 25.2. The molecule has 1 saturated heterocycles. The molecule has 1 fully saturated rings. The molecule has 1 aliphatic heterocycles. The van der Waals surface area contributed by atoms with Crippen LogP contribution >= 0.6 is 15.9 Å². The Balaban J connectivity index is 2.02. The second-order valence-corrected chi connectivity index (χ2v) is 4.01. The van der Waals surface area contributed by atoms with Crippen LogP contribution in [0.5, 0.6) is 0 Å². The number of hydrogen-bond donors (Lipinski definition) is 0. The van der Waals surface area contributed by atoms with Crippen LogP contribution in [0.3, 0.4) is 0 Å². The third-order valence-corrected chi connectivity index (χ3v) is 2.63. The molecule has 2 rings (SSSR count). The van der Waals surface area contributed by atoms with Gasteiger partial charge in [-0.3, -0.25) is 4.79 Å². The molecule has 1 heterocycles. The van der Waals surface area contributed by atoms with Gasteiger partial charge in [-0.2, -0.15) is 0 Å². The maximum Gasteiger partial charge on any atom is 0.142 e. The van der Waals surface area contributed by atoms with Crippen LogP contribution in [-0.4, -0.2) is 12.4 Å². The van der Waals surface area contributed by atoms with E-state index in [0.29, 0.717) is 0 Å². The van der Waals surface area contributed by atoms with Crippen LogP contribution in [0.4, 0.5) is 0 Å². The van der Waals surface area contributed by atoms with Gasteiger partial charge in [0.1, 0.15) is 18.5 Å². The summed E-state index contributed by atoms with van der Waals surface area (Å²) in [5.41, 5.74) is 1.15. The first-order chi connectivity index (χ1) is 6.81. The highest BCUT2D eigenvalue weighted by Crippen LogP contribution is 2.39. The summed E-state index contributed by atoms with van der Waals surface area (Å²) >= 11 is 3.37. The SMILES string of the molecule is O=C/C=C/C1OC1c1ccc(Br)cc1. The smallest absolute Gasteiger partial charge is 0.142 e. The summed E-state index contributed by atoms with van der Waals surface area (Å²) in [5, 5.41) is 0. The third kappa shape index (κ3) is 2.11. The minimum absolute atomic E-state index is 0.0707. The van der Waals surface area contributed by atoms with Crippen LogP contribution in [0.1, 0.15) is 11.7 Å². The lowest BCUT2D eigenvalue weighted by molar-refractivity contribution is -0.104. The molecule has 0 aliphatic carbocycles. The number of hydrogen-bond acceptors (Lipinski definition) is 2. The molecule has 0 amide bonds. The first-order valence-corrected chi connectivity index (χ1v) is 5.13. The average Bonchev–Trinajstić information content (AvgIpc) is 2.95. The number of allylic oxidation sites excluding steroid dienone is 1. The molecule has 0 bridgehead atoms. The van der Waals surface area contributed by atoms with Crippen LogP contribution in [0.15, 0.2) is 40.9 Å². The topological polar surface area (TPSA) is 29.6 Å². The maximum atomic E-state index is 10.1. The summed E-state index contributed by atoms with van der Waals surface area (Å²) in [7, 11) is 0. The Morgan fingerprint density at radius 1 is 1.29 bits per heavy atom. The second-order valence-electron chi connectivity index (χ2n) is 3.09. The highest BCUT2D eigenvalue weighted by molar-refractivity contribution is 9.10. The van der Waals surface area contributed by atoms with E-state index in [4.69, 9.17) is 4.74 Å². The van der Waals surface area contributed by atoms with Gasteiger partial charge in [0.25, 0.3) is 0 Å². The molecule has 0 N–H and O–H groups in total. The van der Waals surface area contributed by atoms with E-state index >= 15 is 0 Å². The lowest BCUT2D eigenvalue weighted by Gasteiger charge is -1.94. The summed E-state index contributed by atoms with van der Waals surface area (Å²) in [6.45, 7) is 0. The molecule has 2 atom stereocenters. The van der Waals surface area contributed by atoms with Crippen molar-refractivity contribution in [2.24, 2.45) is 0 Å². The molecule has 72 valence electrons. The summed E-state index contributed by atoms with van der Waals surface area (Å²) < 4.78 is 6.44. The zero-order valence-electron chi connectivity index (χ0n) is 7.39. The van der Waals surface area contributed by atoms with E-state index in [1.54, 1.807) is 6.08 Å². The van der Waals surface area contributed by atoms with Gasteiger partial charge in [0.05, 0.1) is 0 Å². The van der Waals surface area contributed by atoms with E-state index in [1.807, 2.05) is 24.3 Å². The Hall–Kier alpha value is -0.930. The molecule has 1 aromatic carbocycles. The van der Waals surface area contributed by atoms with Crippen LogP contribution in [0, 0.1) is 0 Å². The van der Waals surface area contributed by atoms with E-state index in [2.05, 4.69) is 15.9 Å². The number of benzene rings is 1. The van der Waals surface area contributed by atoms with Crippen molar-refractivity contribution in [3.63, 3.8) is 0 Å². The van der Waals surface area contributed by atoms with Crippen molar-refractivity contribution in [3.05, 3.63) is 46.5 Å². The Labute approximate surface area is 90.7 Å². The number of carbonyl (C=O) groups is 1. The first-order valence-electron chi connectivity index (χ1n) is 4.34. The lowest BCUT2D eigenvalue weighted by Crippen LogP contribution is -1.84. The van der Waals surface area contributed by atoms with Crippen molar-refractivity contribution >= 4 is 22.2 Å². The molecule has 2 unspecified atom stereocenters. The molecule has 0 spiro atoms. The predicted molar refractivity (Wildman–Crippen MR) is 57.0 cm³/mol. The number of aldehydes is 1. The maximum absolute atomic E-state index is 10.1. The lowest BCUT2D eigenvalue weighted by atomic mass is 10.1. The molecule has 0 aromatic heterocycles. The first kappa shape index (κ1) is 9.62. The van der Waals surface area contributed by atoms with Gasteiger partial charge in [-0.25, -0.2) is 0 Å². The number of rotatable bonds is 3. The van der Waals surface area contributed by atoms with E-state index in [1.165, 1.54) is 6.08 Å². The van der Waals surface area contributed by atoms with Gasteiger partial charge >= 0.3 is 0 Å². The number of epoxide rings is 1. The summed E-state index contributed by atoms with van der Waals surface area (Å²) in [6.07, 6.45) is 4.21. The fourth-order valence-electron chi connectivity index (χ4n) is 1.35. The van der Waals surface area contributed by atoms with E-state index in [9.17, 15) is 4.79 Å². The molecule has 0 saturated carbocycles. The number of ether oxygens (including phenoxy) is 1. The summed E-state index contributed by atoms with van der Waals surface area (Å²) in [5.74, 6) is 0. The minimum Gasteiger partial charge on any atom is -0.360 e.